The van der Waals surface area contributed by atoms with E-state index in [1.807, 2.05) is 0 Å². The van der Waals surface area contributed by atoms with E-state index in [1.165, 1.54) is 30.3 Å². The third-order valence-corrected chi connectivity index (χ3v) is 4.31. The summed E-state index contributed by atoms with van der Waals surface area (Å²) in [5, 5.41) is 8.55. The van der Waals surface area contributed by atoms with Gasteiger partial charge in [0.15, 0.2) is 18.1 Å². The van der Waals surface area contributed by atoms with Crippen LogP contribution in [0.4, 0.5) is 13.2 Å². The average molecular weight is 422 g/mol. The molecule has 0 fully saturated rings. The van der Waals surface area contributed by atoms with Crippen molar-refractivity contribution < 1.29 is 41.7 Å². The zero-order valence-electron chi connectivity index (χ0n) is 15.1. The molecule has 0 saturated carbocycles. The molecule has 7 nitrogen and oxygen atoms in total. The molecule has 1 aliphatic heterocycles. The number of fused-ring (bicyclic) bond motifs is 2. The number of hydrogen-bond donors (Lipinski definition) is 1. The number of carbonyl (C=O) groups is 1. The van der Waals surface area contributed by atoms with Crippen molar-refractivity contribution in [3.63, 3.8) is 0 Å². The number of rotatable bonds is 4. The van der Waals surface area contributed by atoms with Crippen LogP contribution in [0.2, 0.25) is 0 Å². The first-order valence-corrected chi connectivity index (χ1v) is 8.67. The Morgan fingerprint density at radius 2 is 1.80 bits per heavy atom. The van der Waals surface area contributed by atoms with E-state index in [0.29, 0.717) is 12.4 Å². The second-order valence-electron chi connectivity index (χ2n) is 6.33. The summed E-state index contributed by atoms with van der Waals surface area (Å²) in [6.45, 7) is -0.157. The van der Waals surface area contributed by atoms with E-state index in [2.05, 4.69) is 0 Å². The second-order valence-corrected chi connectivity index (χ2v) is 6.33. The van der Waals surface area contributed by atoms with Crippen molar-refractivity contribution in [2.45, 2.75) is 6.18 Å². The fraction of sp³-hybridized carbons (Fsp3) is 0.200. The highest BCUT2D eigenvalue weighted by molar-refractivity contribution is 5.84. The van der Waals surface area contributed by atoms with Gasteiger partial charge in [-0.05, 0) is 29.8 Å². The lowest BCUT2D eigenvalue weighted by molar-refractivity contribution is -0.152. The number of hydrogen-bond acceptors (Lipinski definition) is 6. The van der Waals surface area contributed by atoms with Crippen molar-refractivity contribution >= 4 is 16.9 Å². The second kappa shape index (κ2) is 7.29. The maximum Gasteiger partial charge on any atom is 0.450 e. The zero-order valence-corrected chi connectivity index (χ0v) is 15.1. The summed E-state index contributed by atoms with van der Waals surface area (Å²) in [6.07, 6.45) is -4.96. The first-order chi connectivity index (χ1) is 14.2. The van der Waals surface area contributed by atoms with E-state index in [-0.39, 0.29) is 34.6 Å². The first-order valence-electron chi connectivity index (χ1n) is 8.67. The van der Waals surface area contributed by atoms with Crippen LogP contribution in [0.3, 0.4) is 0 Å². The molecule has 0 aliphatic carbocycles. The lowest BCUT2D eigenvalue weighted by Crippen LogP contribution is -2.17. The van der Waals surface area contributed by atoms with Gasteiger partial charge in [0.2, 0.25) is 11.2 Å². The predicted octanol–water partition coefficient (Wildman–Crippen LogP) is 3.71. The molecular weight excluding hydrogens is 409 g/mol. The van der Waals surface area contributed by atoms with Crippen LogP contribution in [-0.4, -0.2) is 30.9 Å². The molecule has 10 heteroatoms. The highest BCUT2D eigenvalue weighted by Crippen LogP contribution is 2.40. The normalized spacial score (nSPS) is 13.3. The van der Waals surface area contributed by atoms with Gasteiger partial charge in [-0.15, -0.1) is 0 Å². The summed E-state index contributed by atoms with van der Waals surface area (Å²) in [7, 11) is 0. The Morgan fingerprint density at radius 1 is 1.07 bits per heavy atom. The highest BCUT2D eigenvalue weighted by Gasteiger charge is 2.39. The molecule has 2 aromatic carbocycles. The monoisotopic (exact) mass is 422 g/mol. The van der Waals surface area contributed by atoms with Crippen molar-refractivity contribution in [2.75, 3.05) is 19.8 Å². The van der Waals surface area contributed by atoms with Crippen molar-refractivity contribution in [1.29, 1.82) is 0 Å². The SMILES string of the molecule is O=C(O)COc1ccc2c(=O)c(-c3ccc4c(c3)OCCO4)c(C(F)(F)F)oc2c1. The van der Waals surface area contributed by atoms with E-state index in [9.17, 15) is 22.8 Å². The smallest absolute Gasteiger partial charge is 0.450 e. The number of carboxylic acid groups (broad SMARTS) is 1. The average Bonchev–Trinajstić information content (AvgIpc) is 2.71. The molecule has 0 bridgehead atoms. The van der Waals surface area contributed by atoms with E-state index in [1.54, 1.807) is 0 Å². The summed E-state index contributed by atoms with van der Waals surface area (Å²) in [6, 6.07) is 7.60. The molecule has 4 rings (SSSR count). The fourth-order valence-corrected chi connectivity index (χ4v) is 3.07. The molecular formula is C20H13F3O7. The molecule has 0 atom stereocenters. The molecule has 156 valence electrons. The van der Waals surface area contributed by atoms with Crippen molar-refractivity contribution in [1.82, 2.24) is 0 Å². The molecule has 0 saturated heterocycles. The number of halogens is 3. The molecule has 0 radical (unpaired) electrons. The summed E-state index contributed by atoms with van der Waals surface area (Å²) in [5.41, 5.74) is -1.97. The summed E-state index contributed by atoms with van der Waals surface area (Å²) in [4.78, 5) is 23.6. The molecule has 3 aromatic rings. The molecule has 0 unspecified atom stereocenters. The van der Waals surface area contributed by atoms with E-state index < -0.39 is 35.5 Å². The van der Waals surface area contributed by atoms with Gasteiger partial charge < -0.3 is 23.7 Å². The van der Waals surface area contributed by atoms with Crippen LogP contribution >= 0.6 is 0 Å². The molecule has 1 aliphatic rings. The lowest BCUT2D eigenvalue weighted by atomic mass is 10.0. The number of carboxylic acids is 1. The van der Waals surface area contributed by atoms with Gasteiger partial charge in [0.1, 0.15) is 24.5 Å². The minimum absolute atomic E-state index is 0.0339. The highest BCUT2D eigenvalue weighted by atomic mass is 19.4. The molecule has 30 heavy (non-hydrogen) atoms. The Bertz CT molecular complexity index is 1200. The largest absolute Gasteiger partial charge is 0.486 e. The third-order valence-electron chi connectivity index (χ3n) is 4.31. The van der Waals surface area contributed by atoms with Crippen molar-refractivity contribution in [3.8, 4) is 28.4 Å². The van der Waals surface area contributed by atoms with Gasteiger partial charge in [0.05, 0.1) is 10.9 Å². The summed E-state index contributed by atoms with van der Waals surface area (Å²) in [5.74, 6) is -2.20. The summed E-state index contributed by atoms with van der Waals surface area (Å²) >= 11 is 0. The zero-order chi connectivity index (χ0) is 21.5. The van der Waals surface area contributed by atoms with E-state index in [0.717, 1.165) is 6.07 Å². The van der Waals surface area contributed by atoms with Gasteiger partial charge in [0.25, 0.3) is 0 Å². The maximum absolute atomic E-state index is 13.7. The Labute approximate surface area is 166 Å². The quantitative estimate of drug-likeness (QED) is 0.685. The molecule has 0 amide bonds. The molecule has 1 aromatic heterocycles. The Hall–Kier alpha value is -3.69. The Morgan fingerprint density at radius 3 is 2.50 bits per heavy atom. The Balaban J connectivity index is 1.90. The van der Waals surface area contributed by atoms with Crippen LogP contribution in [0.15, 0.2) is 45.6 Å². The van der Waals surface area contributed by atoms with Crippen LogP contribution in [0.25, 0.3) is 22.1 Å². The van der Waals surface area contributed by atoms with Gasteiger partial charge in [0, 0.05) is 6.07 Å². The number of benzene rings is 2. The van der Waals surface area contributed by atoms with Crippen LogP contribution in [0, 0.1) is 0 Å². The van der Waals surface area contributed by atoms with E-state index in [4.69, 9.17) is 23.7 Å². The van der Waals surface area contributed by atoms with Gasteiger partial charge in [-0.25, -0.2) is 4.79 Å². The van der Waals surface area contributed by atoms with Crippen LogP contribution in [-0.2, 0) is 11.0 Å². The molecule has 1 N–H and O–H groups in total. The van der Waals surface area contributed by atoms with Crippen LogP contribution in [0.5, 0.6) is 17.2 Å². The third kappa shape index (κ3) is 3.63. The number of alkyl halides is 3. The number of ether oxygens (including phenoxy) is 3. The van der Waals surface area contributed by atoms with Gasteiger partial charge in [-0.2, -0.15) is 13.2 Å². The van der Waals surface area contributed by atoms with Crippen molar-refractivity contribution in [3.05, 3.63) is 52.4 Å². The van der Waals surface area contributed by atoms with Gasteiger partial charge in [-0.3, -0.25) is 4.79 Å². The van der Waals surface area contributed by atoms with E-state index >= 15 is 0 Å². The van der Waals surface area contributed by atoms with Gasteiger partial charge >= 0.3 is 12.1 Å². The fourth-order valence-electron chi connectivity index (χ4n) is 3.07. The van der Waals surface area contributed by atoms with Crippen LogP contribution < -0.4 is 19.6 Å². The van der Waals surface area contributed by atoms with Crippen LogP contribution in [0.1, 0.15) is 5.76 Å². The van der Waals surface area contributed by atoms with Gasteiger partial charge in [-0.1, -0.05) is 6.07 Å². The predicted molar refractivity (Wildman–Crippen MR) is 97.0 cm³/mol. The standard InChI is InChI=1S/C20H13F3O7/c21-20(22,23)19-17(10-1-4-13-15(7-10)28-6-5-27-13)18(26)12-3-2-11(8-14(12)30-19)29-9-16(24)25/h1-4,7-8H,5-6,9H2,(H,24,25). The first kappa shape index (κ1) is 19.6. The van der Waals surface area contributed by atoms with Crippen molar-refractivity contribution in [2.24, 2.45) is 0 Å². The summed E-state index contributed by atoms with van der Waals surface area (Å²) < 4.78 is 62.0. The topological polar surface area (TPSA) is 95.2 Å². The Kier molecular flexibility index (Phi) is 4.76. The minimum Gasteiger partial charge on any atom is -0.486 e. The molecule has 0 spiro atoms. The molecule has 2 heterocycles. The number of aliphatic carboxylic acids is 1. The minimum atomic E-state index is -4.96. The lowest BCUT2D eigenvalue weighted by Gasteiger charge is -2.19. The maximum atomic E-state index is 13.7.